The maximum absolute atomic E-state index is 2.53. The Morgan fingerprint density at radius 3 is 1.36 bits per heavy atom. The van der Waals surface area contributed by atoms with Crippen molar-refractivity contribution in [1.29, 1.82) is 0 Å². The predicted molar refractivity (Wildman–Crippen MR) is 202 cm³/mol. The standard InChI is InChI=1S/C47H32/c1-47(2)43-28-42(36-22-8-7-21-35(36)41-27-29-15-3-4-16-30(29)31-17-5-6-20-34(31)41)37-23-10-12-24-38(37)44(43)45-39-25-13-9-18-32(39)33-19-11-14-26-40(33)46(45)47/h3-28H,1-2H3. The first kappa shape index (κ1) is 26.5. The van der Waals surface area contributed by atoms with Gasteiger partial charge in [0, 0.05) is 5.41 Å². The lowest BCUT2D eigenvalue weighted by atomic mass is 9.78. The Hall–Kier alpha value is -5.72. The van der Waals surface area contributed by atoms with Crippen molar-refractivity contribution in [3.05, 3.63) is 169 Å². The fourth-order valence-electron chi connectivity index (χ4n) is 8.78. The van der Waals surface area contributed by atoms with Gasteiger partial charge in [-0.25, -0.2) is 0 Å². The van der Waals surface area contributed by atoms with Crippen molar-refractivity contribution in [2.24, 2.45) is 0 Å². The highest BCUT2D eigenvalue weighted by Crippen LogP contribution is 2.58. The molecule has 0 aliphatic heterocycles. The first-order chi connectivity index (χ1) is 23.1. The summed E-state index contributed by atoms with van der Waals surface area (Å²) in [5, 5.41) is 13.1. The van der Waals surface area contributed by atoms with Gasteiger partial charge in [-0.05, 0) is 111 Å². The molecule has 0 heterocycles. The minimum absolute atomic E-state index is 0.183. The second kappa shape index (κ2) is 9.64. The molecule has 0 radical (unpaired) electrons. The zero-order valence-electron chi connectivity index (χ0n) is 26.5. The fraction of sp³-hybridized carbons (Fsp3) is 0.0638. The summed E-state index contributed by atoms with van der Waals surface area (Å²) in [5.41, 5.74) is 10.6. The Balaban J connectivity index is 1.32. The molecular weight excluding hydrogens is 565 g/mol. The van der Waals surface area contributed by atoms with Crippen LogP contribution < -0.4 is 0 Å². The first-order valence-electron chi connectivity index (χ1n) is 16.6. The number of rotatable bonds is 2. The summed E-state index contributed by atoms with van der Waals surface area (Å²) in [4.78, 5) is 0. The van der Waals surface area contributed by atoms with Crippen LogP contribution in [0, 0.1) is 0 Å². The highest BCUT2D eigenvalue weighted by atomic mass is 14.4. The molecule has 220 valence electrons. The quantitative estimate of drug-likeness (QED) is 0.174. The Morgan fingerprint density at radius 2 is 0.723 bits per heavy atom. The Kier molecular flexibility index (Phi) is 5.44. The van der Waals surface area contributed by atoms with Gasteiger partial charge in [-0.1, -0.05) is 159 Å². The van der Waals surface area contributed by atoms with Crippen LogP contribution >= 0.6 is 0 Å². The predicted octanol–water partition coefficient (Wildman–Crippen LogP) is 13.1. The van der Waals surface area contributed by atoms with Crippen molar-refractivity contribution in [2.45, 2.75) is 19.3 Å². The zero-order chi connectivity index (χ0) is 31.3. The van der Waals surface area contributed by atoms with Crippen LogP contribution in [0.2, 0.25) is 0 Å². The molecule has 0 spiro atoms. The lowest BCUT2D eigenvalue weighted by Crippen LogP contribution is -2.16. The summed E-state index contributed by atoms with van der Waals surface area (Å²) in [5.74, 6) is 0. The smallest absolute Gasteiger partial charge is 0.0165 e. The van der Waals surface area contributed by atoms with Crippen molar-refractivity contribution in [3.63, 3.8) is 0 Å². The van der Waals surface area contributed by atoms with Gasteiger partial charge in [0.05, 0.1) is 0 Å². The summed E-state index contributed by atoms with van der Waals surface area (Å²) in [7, 11) is 0. The van der Waals surface area contributed by atoms with Crippen LogP contribution in [-0.2, 0) is 5.41 Å². The second-order valence-corrected chi connectivity index (χ2v) is 13.6. The van der Waals surface area contributed by atoms with E-state index in [1.54, 1.807) is 0 Å². The van der Waals surface area contributed by atoms with Gasteiger partial charge in [0.1, 0.15) is 0 Å². The summed E-state index contributed by atoms with van der Waals surface area (Å²) in [6.07, 6.45) is 0. The molecule has 9 aromatic rings. The Labute approximate surface area is 274 Å². The van der Waals surface area contributed by atoms with Crippen LogP contribution in [0.4, 0.5) is 0 Å². The SMILES string of the molecule is CC1(C)c2cc(-c3ccccc3-c3cc4ccccc4c4ccccc34)c3ccccc3c2-c2c1c1ccccc1c1ccccc21. The Morgan fingerprint density at radius 1 is 0.319 bits per heavy atom. The van der Waals surface area contributed by atoms with Crippen LogP contribution in [-0.4, -0.2) is 0 Å². The van der Waals surface area contributed by atoms with Crippen LogP contribution in [0.1, 0.15) is 25.0 Å². The summed E-state index contributed by atoms with van der Waals surface area (Å²) < 4.78 is 0. The zero-order valence-corrected chi connectivity index (χ0v) is 26.5. The molecule has 0 amide bonds. The molecule has 9 aromatic carbocycles. The van der Waals surface area contributed by atoms with E-state index in [1.807, 2.05) is 0 Å². The maximum atomic E-state index is 2.53. The third kappa shape index (κ3) is 3.59. The molecule has 0 unspecified atom stereocenters. The second-order valence-electron chi connectivity index (χ2n) is 13.6. The lowest BCUT2D eigenvalue weighted by molar-refractivity contribution is 0.667. The topological polar surface area (TPSA) is 0 Å². The third-order valence-corrected chi connectivity index (χ3v) is 10.8. The van der Waals surface area contributed by atoms with Crippen molar-refractivity contribution >= 4 is 53.9 Å². The molecule has 0 saturated carbocycles. The largest absolute Gasteiger partial charge is 0.0616 e. The molecule has 0 fully saturated rings. The molecule has 0 aromatic heterocycles. The van der Waals surface area contributed by atoms with Crippen LogP contribution in [0.5, 0.6) is 0 Å². The van der Waals surface area contributed by atoms with Crippen LogP contribution in [0.25, 0.3) is 87.2 Å². The van der Waals surface area contributed by atoms with E-state index in [0.717, 1.165) is 0 Å². The van der Waals surface area contributed by atoms with Crippen molar-refractivity contribution in [3.8, 4) is 33.4 Å². The van der Waals surface area contributed by atoms with E-state index >= 15 is 0 Å². The molecule has 1 aliphatic rings. The van der Waals surface area contributed by atoms with E-state index in [1.165, 1.54) is 98.4 Å². The average Bonchev–Trinajstić information content (AvgIpc) is 3.38. The van der Waals surface area contributed by atoms with E-state index in [4.69, 9.17) is 0 Å². The van der Waals surface area contributed by atoms with Crippen molar-refractivity contribution < 1.29 is 0 Å². The summed E-state index contributed by atoms with van der Waals surface area (Å²) >= 11 is 0. The van der Waals surface area contributed by atoms with E-state index in [2.05, 4.69) is 172 Å². The summed E-state index contributed by atoms with van der Waals surface area (Å²) in [6.45, 7) is 4.86. The van der Waals surface area contributed by atoms with Gasteiger partial charge in [-0.3, -0.25) is 0 Å². The molecule has 0 nitrogen and oxygen atoms in total. The molecular formula is C47H32. The number of hydrogen-bond acceptors (Lipinski definition) is 0. The molecule has 10 rings (SSSR count). The van der Waals surface area contributed by atoms with Crippen LogP contribution in [0.15, 0.2) is 158 Å². The van der Waals surface area contributed by atoms with E-state index in [9.17, 15) is 0 Å². The molecule has 0 atom stereocenters. The summed E-state index contributed by atoms with van der Waals surface area (Å²) in [6, 6.07) is 58.7. The van der Waals surface area contributed by atoms with Crippen molar-refractivity contribution in [2.75, 3.05) is 0 Å². The van der Waals surface area contributed by atoms with Crippen LogP contribution in [0.3, 0.4) is 0 Å². The lowest BCUT2D eigenvalue weighted by Gasteiger charge is -2.25. The number of hydrogen-bond donors (Lipinski definition) is 0. The molecule has 47 heavy (non-hydrogen) atoms. The highest BCUT2D eigenvalue weighted by Gasteiger charge is 2.40. The minimum Gasteiger partial charge on any atom is -0.0616 e. The van der Waals surface area contributed by atoms with E-state index in [-0.39, 0.29) is 5.41 Å². The van der Waals surface area contributed by atoms with Crippen molar-refractivity contribution in [1.82, 2.24) is 0 Å². The highest BCUT2D eigenvalue weighted by molar-refractivity contribution is 6.23. The number of fused-ring (bicyclic) bond motifs is 13. The minimum atomic E-state index is -0.183. The molecule has 0 bridgehead atoms. The fourth-order valence-corrected chi connectivity index (χ4v) is 8.78. The van der Waals surface area contributed by atoms with Gasteiger partial charge < -0.3 is 0 Å². The van der Waals surface area contributed by atoms with E-state index in [0.29, 0.717) is 0 Å². The van der Waals surface area contributed by atoms with Gasteiger partial charge in [0.25, 0.3) is 0 Å². The maximum Gasteiger partial charge on any atom is 0.0165 e. The molecule has 0 heteroatoms. The van der Waals surface area contributed by atoms with Gasteiger partial charge in [-0.2, -0.15) is 0 Å². The molecule has 0 saturated heterocycles. The van der Waals surface area contributed by atoms with Gasteiger partial charge >= 0.3 is 0 Å². The monoisotopic (exact) mass is 596 g/mol. The van der Waals surface area contributed by atoms with Gasteiger partial charge in [-0.15, -0.1) is 0 Å². The molecule has 0 N–H and O–H groups in total. The van der Waals surface area contributed by atoms with Gasteiger partial charge in [0.15, 0.2) is 0 Å². The number of benzene rings is 9. The third-order valence-electron chi connectivity index (χ3n) is 10.8. The van der Waals surface area contributed by atoms with Gasteiger partial charge in [0.2, 0.25) is 0 Å². The normalized spacial score (nSPS) is 13.5. The molecule has 1 aliphatic carbocycles. The first-order valence-corrected chi connectivity index (χ1v) is 16.6. The Bertz CT molecular complexity index is 2760. The van der Waals surface area contributed by atoms with E-state index < -0.39 is 0 Å². The average molecular weight is 597 g/mol.